The summed E-state index contributed by atoms with van der Waals surface area (Å²) in [7, 11) is 1.80. The Morgan fingerprint density at radius 3 is 2.48 bits per heavy atom. The average Bonchev–Trinajstić information content (AvgIpc) is 2.43. The van der Waals surface area contributed by atoms with E-state index in [1.54, 1.807) is 7.11 Å². The van der Waals surface area contributed by atoms with Crippen LogP contribution in [0, 0.1) is 0 Å². The van der Waals surface area contributed by atoms with Crippen molar-refractivity contribution in [3.8, 4) is 0 Å². The number of nitrogens with two attached hydrogens (primary N) is 1. The molecule has 124 valence electrons. The van der Waals surface area contributed by atoms with E-state index in [0.717, 1.165) is 51.7 Å². The number of piperidine rings is 1. The first-order valence-electron chi connectivity index (χ1n) is 8.20. The summed E-state index contributed by atoms with van der Waals surface area (Å²) in [6.45, 7) is 9.35. The number of nitrogens with one attached hydrogen (secondary N) is 1. The smallest absolute Gasteiger partial charge is 0.237 e. The molecule has 21 heavy (non-hydrogen) atoms. The Morgan fingerprint density at radius 2 is 2.00 bits per heavy atom. The number of hydrogen-bond donors (Lipinski definition) is 2. The maximum atomic E-state index is 11.7. The number of likely N-dealkylation sites (tertiary alicyclic amines) is 1. The molecule has 1 heterocycles. The second-order valence-electron chi connectivity index (χ2n) is 6.73. The van der Waals surface area contributed by atoms with Gasteiger partial charge < -0.3 is 20.7 Å². The van der Waals surface area contributed by atoms with Crippen LogP contribution in [0.25, 0.3) is 0 Å². The number of carbonyl (C=O) groups excluding carboxylic acids is 1. The van der Waals surface area contributed by atoms with E-state index in [1.165, 1.54) is 0 Å². The minimum Gasteiger partial charge on any atom is -0.381 e. The molecule has 1 aliphatic heterocycles. The molecule has 1 aliphatic rings. The number of methoxy groups -OCH3 is 1. The van der Waals surface area contributed by atoms with Crippen LogP contribution in [0.2, 0.25) is 0 Å². The number of hydrogen-bond acceptors (Lipinski definition) is 4. The third kappa shape index (κ3) is 6.32. The molecule has 0 aromatic carbocycles. The van der Waals surface area contributed by atoms with E-state index in [-0.39, 0.29) is 11.9 Å². The van der Waals surface area contributed by atoms with Crippen LogP contribution in [0.5, 0.6) is 0 Å². The van der Waals surface area contributed by atoms with Gasteiger partial charge in [0, 0.05) is 26.2 Å². The lowest BCUT2D eigenvalue weighted by Gasteiger charge is -2.32. The fourth-order valence-electron chi connectivity index (χ4n) is 3.09. The van der Waals surface area contributed by atoms with Gasteiger partial charge in [0.05, 0.1) is 11.6 Å². The number of primary amides is 1. The van der Waals surface area contributed by atoms with Crippen LogP contribution in [0.15, 0.2) is 0 Å². The summed E-state index contributed by atoms with van der Waals surface area (Å²) in [6, 6.07) is 0.260. The van der Waals surface area contributed by atoms with Crippen molar-refractivity contribution < 1.29 is 9.53 Å². The Balaban J connectivity index is 2.24. The van der Waals surface area contributed by atoms with Gasteiger partial charge in [0.15, 0.2) is 0 Å². The quantitative estimate of drug-likeness (QED) is 0.633. The van der Waals surface area contributed by atoms with E-state index < -0.39 is 5.54 Å². The molecule has 0 aliphatic carbocycles. The molecule has 0 spiro atoms. The van der Waals surface area contributed by atoms with Crippen molar-refractivity contribution in [1.82, 2.24) is 10.2 Å². The lowest BCUT2D eigenvalue weighted by atomic mass is 9.93. The Kier molecular flexibility index (Phi) is 7.63. The van der Waals surface area contributed by atoms with E-state index in [2.05, 4.69) is 10.2 Å². The van der Waals surface area contributed by atoms with Crippen molar-refractivity contribution in [3.05, 3.63) is 0 Å². The second-order valence-corrected chi connectivity index (χ2v) is 6.73. The zero-order chi connectivity index (χ0) is 15.9. The van der Waals surface area contributed by atoms with E-state index >= 15 is 0 Å². The van der Waals surface area contributed by atoms with Crippen LogP contribution in [-0.4, -0.2) is 55.2 Å². The van der Waals surface area contributed by atoms with E-state index in [1.807, 2.05) is 20.8 Å². The molecule has 0 radical (unpaired) electrons. The molecule has 1 rings (SSSR count). The van der Waals surface area contributed by atoms with Gasteiger partial charge in [-0.3, -0.25) is 4.79 Å². The van der Waals surface area contributed by atoms with Crippen LogP contribution in [0.4, 0.5) is 0 Å². The standard InChI is InChI=1S/C16H33N3O2/c1-13(2)18-16(3,15(17)20)9-5-6-10-19-11-7-14(21-4)8-12-19/h13-14,18H,5-12H2,1-4H3,(H2,17,20). The SMILES string of the molecule is COC1CCN(CCCCC(C)(NC(C)C)C(N)=O)CC1. The predicted octanol–water partition coefficient (Wildman–Crippen LogP) is 1.51. The predicted molar refractivity (Wildman–Crippen MR) is 86.2 cm³/mol. The Hall–Kier alpha value is -0.650. The average molecular weight is 299 g/mol. The largest absolute Gasteiger partial charge is 0.381 e. The number of unbranched alkanes of at least 4 members (excludes halogenated alkanes) is 1. The molecule has 0 aromatic rings. The van der Waals surface area contributed by atoms with Gasteiger partial charge in [-0.05, 0) is 59.4 Å². The van der Waals surface area contributed by atoms with Gasteiger partial charge in [0.25, 0.3) is 0 Å². The molecule has 1 unspecified atom stereocenters. The highest BCUT2D eigenvalue weighted by Crippen LogP contribution is 2.17. The van der Waals surface area contributed by atoms with Crippen molar-refractivity contribution in [2.45, 2.75) is 70.6 Å². The highest BCUT2D eigenvalue weighted by atomic mass is 16.5. The van der Waals surface area contributed by atoms with Gasteiger partial charge >= 0.3 is 0 Å². The number of rotatable bonds is 9. The minimum atomic E-state index is -0.586. The third-order valence-corrected chi connectivity index (χ3v) is 4.42. The van der Waals surface area contributed by atoms with Gasteiger partial charge in [-0.1, -0.05) is 0 Å². The Morgan fingerprint density at radius 1 is 1.38 bits per heavy atom. The molecule has 0 saturated carbocycles. The number of ether oxygens (including phenoxy) is 1. The monoisotopic (exact) mass is 299 g/mol. The molecule has 1 saturated heterocycles. The second kappa shape index (κ2) is 8.71. The van der Waals surface area contributed by atoms with Gasteiger partial charge in [0.2, 0.25) is 5.91 Å². The maximum absolute atomic E-state index is 11.7. The minimum absolute atomic E-state index is 0.253. The molecular weight excluding hydrogens is 266 g/mol. The molecule has 5 nitrogen and oxygen atoms in total. The molecule has 0 bridgehead atoms. The van der Waals surface area contributed by atoms with E-state index in [4.69, 9.17) is 10.5 Å². The van der Waals surface area contributed by atoms with Gasteiger partial charge in [-0.15, -0.1) is 0 Å². The molecule has 1 amide bonds. The summed E-state index contributed by atoms with van der Waals surface area (Å²) < 4.78 is 5.39. The first kappa shape index (κ1) is 18.4. The summed E-state index contributed by atoms with van der Waals surface area (Å²) in [4.78, 5) is 14.2. The topological polar surface area (TPSA) is 67.6 Å². The van der Waals surface area contributed by atoms with E-state index in [9.17, 15) is 4.79 Å². The van der Waals surface area contributed by atoms with E-state index in [0.29, 0.717) is 6.10 Å². The van der Waals surface area contributed by atoms with Crippen molar-refractivity contribution >= 4 is 5.91 Å². The molecule has 1 fully saturated rings. The Bertz CT molecular complexity index is 315. The molecule has 3 N–H and O–H groups in total. The number of amides is 1. The summed E-state index contributed by atoms with van der Waals surface area (Å²) in [5, 5.41) is 3.30. The Labute approximate surface area is 129 Å². The number of carbonyl (C=O) groups is 1. The molecular formula is C16H33N3O2. The van der Waals surface area contributed by atoms with Crippen molar-refractivity contribution in [2.75, 3.05) is 26.7 Å². The van der Waals surface area contributed by atoms with Crippen LogP contribution < -0.4 is 11.1 Å². The third-order valence-electron chi connectivity index (χ3n) is 4.42. The molecule has 0 aromatic heterocycles. The fourth-order valence-corrected chi connectivity index (χ4v) is 3.09. The summed E-state index contributed by atoms with van der Waals surface area (Å²) in [6.07, 6.45) is 5.63. The normalized spacial score (nSPS) is 20.6. The fraction of sp³-hybridized carbons (Fsp3) is 0.938. The highest BCUT2D eigenvalue weighted by molar-refractivity contribution is 5.84. The van der Waals surface area contributed by atoms with Crippen LogP contribution in [0.1, 0.15) is 52.9 Å². The summed E-state index contributed by atoms with van der Waals surface area (Å²) in [5.74, 6) is -0.253. The van der Waals surface area contributed by atoms with Crippen molar-refractivity contribution in [2.24, 2.45) is 5.73 Å². The molecule has 5 heteroatoms. The lowest BCUT2D eigenvalue weighted by Crippen LogP contribution is -2.55. The molecule has 1 atom stereocenters. The summed E-state index contributed by atoms with van der Waals surface area (Å²) in [5.41, 5.74) is 4.96. The van der Waals surface area contributed by atoms with Gasteiger partial charge in [-0.2, -0.15) is 0 Å². The lowest BCUT2D eigenvalue weighted by molar-refractivity contribution is -0.124. The van der Waals surface area contributed by atoms with Crippen LogP contribution in [-0.2, 0) is 9.53 Å². The van der Waals surface area contributed by atoms with Crippen molar-refractivity contribution in [3.63, 3.8) is 0 Å². The zero-order valence-corrected chi connectivity index (χ0v) is 14.2. The first-order valence-corrected chi connectivity index (χ1v) is 8.20. The van der Waals surface area contributed by atoms with Crippen molar-refractivity contribution in [1.29, 1.82) is 0 Å². The van der Waals surface area contributed by atoms with Gasteiger partial charge in [-0.25, -0.2) is 0 Å². The summed E-state index contributed by atoms with van der Waals surface area (Å²) >= 11 is 0. The highest BCUT2D eigenvalue weighted by Gasteiger charge is 2.30. The van der Waals surface area contributed by atoms with Crippen LogP contribution in [0.3, 0.4) is 0 Å². The first-order chi connectivity index (χ1) is 9.87. The van der Waals surface area contributed by atoms with Gasteiger partial charge in [0.1, 0.15) is 0 Å². The zero-order valence-electron chi connectivity index (χ0n) is 14.2. The maximum Gasteiger partial charge on any atom is 0.237 e. The van der Waals surface area contributed by atoms with Crippen LogP contribution >= 0.6 is 0 Å². The number of nitrogens with zero attached hydrogens (tertiary/aromatic N) is 1.